The van der Waals surface area contributed by atoms with Gasteiger partial charge in [0.2, 0.25) is 0 Å². The molecule has 2 aliphatic rings. The lowest BCUT2D eigenvalue weighted by atomic mass is 9.69. The smallest absolute Gasteiger partial charge is 0.335 e. The number of aromatic carboxylic acids is 1. The van der Waals surface area contributed by atoms with Crippen molar-refractivity contribution < 1.29 is 19.4 Å². The quantitative estimate of drug-likeness (QED) is 0.352. The van der Waals surface area contributed by atoms with Crippen LogP contribution in [-0.4, -0.2) is 39.4 Å². The van der Waals surface area contributed by atoms with E-state index in [1.807, 2.05) is 50.2 Å². The number of carbonyl (C=O) groups is 2. The number of rotatable bonds is 8. The molecule has 0 unspecified atom stereocenters. The predicted molar refractivity (Wildman–Crippen MR) is 165 cm³/mol. The van der Waals surface area contributed by atoms with Crippen LogP contribution in [0.3, 0.4) is 0 Å². The molecule has 1 spiro atoms. The van der Waals surface area contributed by atoms with Crippen molar-refractivity contribution in [2.45, 2.75) is 112 Å². The van der Waals surface area contributed by atoms with E-state index in [9.17, 15) is 14.7 Å². The molecule has 4 rings (SSSR count). The number of hydrogen-bond acceptors (Lipinski definition) is 4. The van der Waals surface area contributed by atoms with Gasteiger partial charge in [0.25, 0.3) is 5.91 Å². The van der Waals surface area contributed by atoms with E-state index in [2.05, 4.69) is 46.4 Å². The second kappa shape index (κ2) is 11.6. The first-order chi connectivity index (χ1) is 19.1. The van der Waals surface area contributed by atoms with Crippen LogP contribution in [0.25, 0.3) is 0 Å². The Bertz CT molecular complexity index is 1260. The van der Waals surface area contributed by atoms with Gasteiger partial charge in [0.1, 0.15) is 17.1 Å². The predicted octanol–water partition coefficient (Wildman–Crippen LogP) is 8.30. The molecular weight excluding hydrogens is 512 g/mol. The molecule has 1 N–H and O–H groups in total. The summed E-state index contributed by atoms with van der Waals surface area (Å²) in [5.74, 6) is 0.346. The normalized spacial score (nSPS) is 22.3. The molecule has 0 radical (unpaired) electrons. The zero-order chi connectivity index (χ0) is 30.2. The molecule has 1 aliphatic carbocycles. The van der Waals surface area contributed by atoms with Crippen LogP contribution >= 0.6 is 0 Å². The highest BCUT2D eigenvalue weighted by Gasteiger charge is 2.52. The van der Waals surface area contributed by atoms with Crippen LogP contribution < -0.4 is 4.74 Å². The van der Waals surface area contributed by atoms with Crippen LogP contribution in [-0.2, 0) is 4.79 Å². The van der Waals surface area contributed by atoms with Crippen LogP contribution in [0.1, 0.15) is 121 Å². The number of amides is 1. The fraction of sp³-hybridized carbons (Fsp3) is 0.571. The minimum absolute atomic E-state index is 0.0436. The standard InChI is InChI=1S/C35H48N2O4/c1-23(2)41-28-15-13-25(14-16-28)30-31(38)37(35(36-30)21-17-27(18-22-35)34(6,7)8)29(19-20-33(3,4)5)24-9-11-26(12-10-24)32(39)40/h9-16,23,27,29H,17-22H2,1-8H3,(H,39,40)/t27?,29-,35?/m1/s1. The van der Waals surface area contributed by atoms with Crippen molar-refractivity contribution in [2.24, 2.45) is 21.7 Å². The third-order valence-electron chi connectivity index (χ3n) is 8.72. The SMILES string of the molecule is CC(C)Oc1ccc(C2=NC3(CCC(C(C)(C)C)CC3)N([C@H](CCC(C)(C)C)c3ccc(C(=O)O)cc3)C2=O)cc1. The van der Waals surface area contributed by atoms with Crippen molar-refractivity contribution in [1.82, 2.24) is 4.90 Å². The zero-order valence-electron chi connectivity index (χ0n) is 26.2. The monoisotopic (exact) mass is 560 g/mol. The number of nitrogens with zero attached hydrogens (tertiary/aromatic N) is 2. The minimum atomic E-state index is -0.951. The summed E-state index contributed by atoms with van der Waals surface area (Å²) in [6.07, 6.45) is 5.41. The van der Waals surface area contributed by atoms with Gasteiger partial charge >= 0.3 is 5.97 Å². The number of carboxylic acids is 1. The van der Waals surface area contributed by atoms with Gasteiger partial charge in [0.15, 0.2) is 0 Å². The van der Waals surface area contributed by atoms with Crippen molar-refractivity contribution in [1.29, 1.82) is 0 Å². The fourth-order valence-electron chi connectivity index (χ4n) is 6.36. The van der Waals surface area contributed by atoms with Crippen LogP contribution in [0.2, 0.25) is 0 Å². The Hall–Kier alpha value is -3.15. The van der Waals surface area contributed by atoms with Crippen LogP contribution in [0, 0.1) is 16.7 Å². The fourth-order valence-corrected chi connectivity index (χ4v) is 6.36. The van der Waals surface area contributed by atoms with E-state index in [-0.39, 0.29) is 34.4 Å². The number of aliphatic imine (C=N–C) groups is 1. The van der Waals surface area contributed by atoms with Crippen LogP contribution in [0.5, 0.6) is 5.75 Å². The average molecular weight is 561 g/mol. The summed E-state index contributed by atoms with van der Waals surface area (Å²) in [4.78, 5) is 33.5. The lowest BCUT2D eigenvalue weighted by Crippen LogP contribution is -2.51. The van der Waals surface area contributed by atoms with Gasteiger partial charge in [-0.25, -0.2) is 4.79 Å². The molecule has 1 fully saturated rings. The van der Waals surface area contributed by atoms with Crippen LogP contribution in [0.4, 0.5) is 0 Å². The Morgan fingerprint density at radius 1 is 1.00 bits per heavy atom. The second-order valence-electron chi connectivity index (χ2n) is 14.5. The number of carbonyl (C=O) groups excluding carboxylic acids is 1. The molecule has 222 valence electrons. The second-order valence-corrected chi connectivity index (χ2v) is 14.5. The van der Waals surface area contributed by atoms with Gasteiger partial charge in [-0.15, -0.1) is 0 Å². The zero-order valence-corrected chi connectivity index (χ0v) is 26.2. The highest BCUT2D eigenvalue weighted by atomic mass is 16.5. The van der Waals surface area contributed by atoms with Crippen molar-refractivity contribution in [3.8, 4) is 5.75 Å². The van der Waals surface area contributed by atoms with Gasteiger partial charge in [0.05, 0.1) is 17.7 Å². The number of carboxylic acid groups (broad SMARTS) is 1. The van der Waals surface area contributed by atoms with Gasteiger partial charge in [-0.2, -0.15) is 0 Å². The Kier molecular flexibility index (Phi) is 8.73. The van der Waals surface area contributed by atoms with Gasteiger partial charge in [-0.05, 0) is 111 Å². The maximum atomic E-state index is 14.5. The molecule has 2 aromatic carbocycles. The first-order valence-corrected chi connectivity index (χ1v) is 15.1. The molecular formula is C35H48N2O4. The van der Waals surface area contributed by atoms with E-state index in [1.165, 1.54) is 0 Å². The molecule has 0 saturated heterocycles. The summed E-state index contributed by atoms with van der Waals surface area (Å²) in [5, 5.41) is 9.50. The van der Waals surface area contributed by atoms with E-state index in [4.69, 9.17) is 9.73 Å². The molecule has 6 heteroatoms. The summed E-state index contributed by atoms with van der Waals surface area (Å²) in [7, 11) is 0. The van der Waals surface area contributed by atoms with E-state index in [0.717, 1.165) is 55.4 Å². The molecule has 1 atom stereocenters. The summed E-state index contributed by atoms with van der Waals surface area (Å²) < 4.78 is 5.84. The number of benzene rings is 2. The third-order valence-corrected chi connectivity index (χ3v) is 8.72. The van der Waals surface area contributed by atoms with E-state index in [1.54, 1.807) is 12.1 Å². The number of ether oxygens (including phenoxy) is 1. The van der Waals surface area contributed by atoms with E-state index in [0.29, 0.717) is 11.6 Å². The third kappa shape index (κ3) is 7.02. The molecule has 1 aliphatic heterocycles. The van der Waals surface area contributed by atoms with Crippen molar-refractivity contribution in [2.75, 3.05) is 0 Å². The van der Waals surface area contributed by atoms with Crippen molar-refractivity contribution in [3.63, 3.8) is 0 Å². The van der Waals surface area contributed by atoms with E-state index < -0.39 is 11.6 Å². The molecule has 1 heterocycles. The Morgan fingerprint density at radius 3 is 2.07 bits per heavy atom. The molecule has 1 amide bonds. The van der Waals surface area contributed by atoms with Crippen molar-refractivity contribution >= 4 is 17.6 Å². The van der Waals surface area contributed by atoms with Gasteiger partial charge in [-0.1, -0.05) is 53.7 Å². The minimum Gasteiger partial charge on any atom is -0.491 e. The Morgan fingerprint density at radius 2 is 1.59 bits per heavy atom. The largest absolute Gasteiger partial charge is 0.491 e. The summed E-state index contributed by atoms with van der Waals surface area (Å²) in [6.45, 7) is 17.6. The van der Waals surface area contributed by atoms with Crippen molar-refractivity contribution in [3.05, 3.63) is 65.2 Å². The molecule has 6 nitrogen and oxygen atoms in total. The van der Waals surface area contributed by atoms with Gasteiger partial charge in [0, 0.05) is 5.56 Å². The first kappa shape index (κ1) is 30.8. The van der Waals surface area contributed by atoms with E-state index >= 15 is 0 Å². The lowest BCUT2D eigenvalue weighted by molar-refractivity contribution is -0.134. The van der Waals surface area contributed by atoms with Crippen LogP contribution in [0.15, 0.2) is 53.5 Å². The highest BCUT2D eigenvalue weighted by molar-refractivity contribution is 6.46. The highest BCUT2D eigenvalue weighted by Crippen LogP contribution is 2.50. The Labute approximate surface area is 246 Å². The summed E-state index contributed by atoms with van der Waals surface area (Å²) in [5.41, 5.74) is 2.19. The molecule has 0 aromatic heterocycles. The Balaban J connectivity index is 1.77. The summed E-state index contributed by atoms with van der Waals surface area (Å²) in [6, 6.07) is 14.6. The molecule has 0 bridgehead atoms. The maximum Gasteiger partial charge on any atom is 0.335 e. The van der Waals surface area contributed by atoms with Gasteiger partial charge in [-0.3, -0.25) is 9.79 Å². The summed E-state index contributed by atoms with van der Waals surface area (Å²) >= 11 is 0. The van der Waals surface area contributed by atoms with Gasteiger partial charge < -0.3 is 14.7 Å². The number of hydrogen-bond donors (Lipinski definition) is 1. The lowest BCUT2D eigenvalue weighted by Gasteiger charge is -2.47. The molecule has 41 heavy (non-hydrogen) atoms. The average Bonchev–Trinajstić information content (AvgIpc) is 3.15. The molecule has 1 saturated carbocycles. The topological polar surface area (TPSA) is 79.2 Å². The first-order valence-electron chi connectivity index (χ1n) is 15.1. The maximum absolute atomic E-state index is 14.5. The molecule has 2 aromatic rings.